The van der Waals surface area contributed by atoms with E-state index in [-0.39, 0.29) is 11.9 Å². The van der Waals surface area contributed by atoms with Gasteiger partial charge in [0, 0.05) is 26.2 Å². The second-order valence-corrected chi connectivity index (χ2v) is 6.00. The Kier molecular flexibility index (Phi) is 5.76. The van der Waals surface area contributed by atoms with Crippen LogP contribution in [0.25, 0.3) is 0 Å². The molecule has 2 rings (SSSR count). The van der Waals surface area contributed by atoms with Crippen LogP contribution in [0.15, 0.2) is 24.3 Å². The maximum Gasteiger partial charge on any atom is 0.239 e. The molecular formula is C17H27N3O. The third-order valence-electron chi connectivity index (χ3n) is 4.38. The van der Waals surface area contributed by atoms with Gasteiger partial charge in [-0.1, -0.05) is 24.3 Å². The molecule has 1 unspecified atom stereocenters. The number of nitrogens with zero attached hydrogens (tertiary/aromatic N) is 2. The molecule has 0 saturated carbocycles. The lowest BCUT2D eigenvalue weighted by Crippen LogP contribution is -2.47. The molecule has 1 aromatic rings. The smallest absolute Gasteiger partial charge is 0.239 e. The summed E-state index contributed by atoms with van der Waals surface area (Å²) in [5.74, 6) is 0.260. The van der Waals surface area contributed by atoms with Crippen molar-refractivity contribution >= 4 is 5.91 Å². The van der Waals surface area contributed by atoms with Gasteiger partial charge in [0.15, 0.2) is 0 Å². The standard InChI is InChI=1S/C17H27N3O/c1-14(17(21)20-10-4-3-5-11-20)19(2)13-16-8-6-15(12-18)7-9-16/h6-9,14H,3-5,10-13,18H2,1-2H3. The number of benzene rings is 1. The second kappa shape index (κ2) is 7.57. The predicted octanol–water partition coefficient (Wildman–Crippen LogP) is 1.98. The van der Waals surface area contributed by atoms with Crippen LogP contribution in [0, 0.1) is 0 Å². The molecule has 1 heterocycles. The number of likely N-dealkylation sites (tertiary alicyclic amines) is 1. The molecule has 1 fully saturated rings. The number of likely N-dealkylation sites (N-methyl/N-ethyl adjacent to an activating group) is 1. The Hall–Kier alpha value is -1.39. The number of amides is 1. The van der Waals surface area contributed by atoms with Gasteiger partial charge in [-0.3, -0.25) is 9.69 Å². The van der Waals surface area contributed by atoms with Gasteiger partial charge in [0.1, 0.15) is 0 Å². The average molecular weight is 289 g/mol. The molecule has 1 saturated heterocycles. The molecule has 0 spiro atoms. The van der Waals surface area contributed by atoms with Gasteiger partial charge in [0.05, 0.1) is 6.04 Å². The Balaban J connectivity index is 1.91. The summed E-state index contributed by atoms with van der Waals surface area (Å²) in [6.45, 7) is 5.20. The van der Waals surface area contributed by atoms with Gasteiger partial charge >= 0.3 is 0 Å². The third-order valence-corrected chi connectivity index (χ3v) is 4.38. The maximum atomic E-state index is 12.5. The van der Waals surface area contributed by atoms with Crippen LogP contribution < -0.4 is 5.73 Å². The molecule has 1 atom stereocenters. The summed E-state index contributed by atoms with van der Waals surface area (Å²) in [6.07, 6.45) is 3.53. The minimum atomic E-state index is -0.0720. The number of piperidine rings is 1. The van der Waals surface area contributed by atoms with Crippen molar-refractivity contribution in [3.63, 3.8) is 0 Å². The Morgan fingerprint density at radius 1 is 1.19 bits per heavy atom. The van der Waals surface area contributed by atoms with Crippen molar-refractivity contribution in [2.75, 3.05) is 20.1 Å². The van der Waals surface area contributed by atoms with E-state index in [0.29, 0.717) is 6.54 Å². The molecule has 0 bridgehead atoms. The zero-order valence-corrected chi connectivity index (χ0v) is 13.2. The monoisotopic (exact) mass is 289 g/mol. The van der Waals surface area contributed by atoms with Crippen LogP contribution in [-0.2, 0) is 17.9 Å². The highest BCUT2D eigenvalue weighted by molar-refractivity contribution is 5.81. The molecule has 1 aliphatic heterocycles. The number of rotatable bonds is 5. The molecule has 4 nitrogen and oxygen atoms in total. The summed E-state index contributed by atoms with van der Waals surface area (Å²) in [4.78, 5) is 16.6. The van der Waals surface area contributed by atoms with Crippen molar-refractivity contribution in [1.29, 1.82) is 0 Å². The number of hydrogen-bond acceptors (Lipinski definition) is 3. The van der Waals surface area contributed by atoms with E-state index in [4.69, 9.17) is 5.73 Å². The quantitative estimate of drug-likeness (QED) is 0.901. The highest BCUT2D eigenvalue weighted by atomic mass is 16.2. The van der Waals surface area contributed by atoms with Gasteiger partial charge in [-0.25, -0.2) is 0 Å². The van der Waals surface area contributed by atoms with E-state index in [9.17, 15) is 4.79 Å². The number of hydrogen-bond donors (Lipinski definition) is 1. The van der Waals surface area contributed by atoms with Crippen molar-refractivity contribution in [2.45, 2.75) is 45.3 Å². The van der Waals surface area contributed by atoms with Crippen LogP contribution in [0.3, 0.4) is 0 Å². The zero-order valence-electron chi connectivity index (χ0n) is 13.2. The Labute approximate surface area is 127 Å². The number of carbonyl (C=O) groups excluding carboxylic acids is 1. The van der Waals surface area contributed by atoms with Crippen LogP contribution in [0.1, 0.15) is 37.3 Å². The van der Waals surface area contributed by atoms with Crippen LogP contribution in [0.4, 0.5) is 0 Å². The highest BCUT2D eigenvalue weighted by Gasteiger charge is 2.24. The average Bonchev–Trinajstić information content (AvgIpc) is 2.55. The molecule has 1 amide bonds. The largest absolute Gasteiger partial charge is 0.341 e. The molecule has 2 N–H and O–H groups in total. The van der Waals surface area contributed by atoms with Crippen LogP contribution in [0.5, 0.6) is 0 Å². The summed E-state index contributed by atoms with van der Waals surface area (Å²) in [6, 6.07) is 8.23. The first kappa shape index (κ1) is 16.0. The number of nitrogens with two attached hydrogens (primary N) is 1. The van der Waals surface area contributed by atoms with E-state index in [1.807, 2.05) is 18.9 Å². The third kappa shape index (κ3) is 4.29. The van der Waals surface area contributed by atoms with Gasteiger partial charge in [-0.2, -0.15) is 0 Å². The van der Waals surface area contributed by atoms with Crippen molar-refractivity contribution in [3.05, 3.63) is 35.4 Å². The highest BCUT2D eigenvalue weighted by Crippen LogP contribution is 2.14. The minimum absolute atomic E-state index is 0.0720. The minimum Gasteiger partial charge on any atom is -0.341 e. The van der Waals surface area contributed by atoms with Crippen molar-refractivity contribution in [2.24, 2.45) is 5.73 Å². The van der Waals surface area contributed by atoms with Crippen LogP contribution >= 0.6 is 0 Å². The fraction of sp³-hybridized carbons (Fsp3) is 0.588. The molecule has 4 heteroatoms. The first-order chi connectivity index (χ1) is 10.1. The van der Waals surface area contributed by atoms with Crippen molar-refractivity contribution in [1.82, 2.24) is 9.80 Å². The summed E-state index contributed by atoms with van der Waals surface area (Å²) in [5, 5.41) is 0. The normalized spacial score (nSPS) is 17.0. The van der Waals surface area contributed by atoms with E-state index in [0.717, 1.165) is 38.0 Å². The molecule has 0 radical (unpaired) electrons. The summed E-state index contributed by atoms with van der Waals surface area (Å²) in [7, 11) is 2.02. The van der Waals surface area contributed by atoms with Gasteiger partial charge in [-0.05, 0) is 44.4 Å². The SMILES string of the molecule is CC(C(=O)N1CCCCC1)N(C)Cc1ccc(CN)cc1. The lowest BCUT2D eigenvalue weighted by Gasteiger charge is -2.32. The first-order valence-corrected chi connectivity index (χ1v) is 7.88. The molecule has 1 aromatic carbocycles. The first-order valence-electron chi connectivity index (χ1n) is 7.88. The van der Waals surface area contributed by atoms with E-state index in [1.54, 1.807) is 0 Å². The lowest BCUT2D eigenvalue weighted by atomic mass is 10.1. The van der Waals surface area contributed by atoms with Crippen molar-refractivity contribution in [3.8, 4) is 0 Å². The fourth-order valence-corrected chi connectivity index (χ4v) is 2.77. The Morgan fingerprint density at radius 3 is 2.33 bits per heavy atom. The Morgan fingerprint density at radius 2 is 1.76 bits per heavy atom. The van der Waals surface area contributed by atoms with Crippen LogP contribution in [0.2, 0.25) is 0 Å². The topological polar surface area (TPSA) is 49.6 Å². The molecule has 0 aromatic heterocycles. The summed E-state index contributed by atoms with van der Waals surface area (Å²) >= 11 is 0. The molecule has 21 heavy (non-hydrogen) atoms. The van der Waals surface area contributed by atoms with Gasteiger partial charge in [-0.15, -0.1) is 0 Å². The van der Waals surface area contributed by atoms with Gasteiger partial charge < -0.3 is 10.6 Å². The van der Waals surface area contributed by atoms with Gasteiger partial charge in [0.25, 0.3) is 0 Å². The number of carbonyl (C=O) groups is 1. The van der Waals surface area contributed by atoms with E-state index in [2.05, 4.69) is 29.2 Å². The maximum absolute atomic E-state index is 12.5. The predicted molar refractivity (Wildman–Crippen MR) is 85.7 cm³/mol. The van der Waals surface area contributed by atoms with Crippen molar-refractivity contribution < 1.29 is 4.79 Å². The van der Waals surface area contributed by atoms with Crippen LogP contribution in [-0.4, -0.2) is 41.9 Å². The fourth-order valence-electron chi connectivity index (χ4n) is 2.77. The van der Waals surface area contributed by atoms with E-state index in [1.165, 1.54) is 12.0 Å². The molecule has 0 aliphatic carbocycles. The summed E-state index contributed by atoms with van der Waals surface area (Å²) in [5.41, 5.74) is 7.96. The van der Waals surface area contributed by atoms with E-state index >= 15 is 0 Å². The van der Waals surface area contributed by atoms with E-state index < -0.39 is 0 Å². The molecule has 1 aliphatic rings. The lowest BCUT2D eigenvalue weighted by molar-refractivity contribution is -0.137. The summed E-state index contributed by atoms with van der Waals surface area (Å²) < 4.78 is 0. The molecule has 116 valence electrons. The van der Waals surface area contributed by atoms with Gasteiger partial charge in [0.2, 0.25) is 5.91 Å². The molecular weight excluding hydrogens is 262 g/mol. The second-order valence-electron chi connectivity index (χ2n) is 6.00. The Bertz CT molecular complexity index is 452. The zero-order chi connectivity index (χ0) is 15.2.